The average Bonchev–Trinajstić information content (AvgIpc) is 2.65. The number of likely N-dealkylation sites (tertiary alicyclic amines) is 1. The van der Waals surface area contributed by atoms with Crippen LogP contribution in [0.15, 0.2) is 6.20 Å². The molecule has 0 unspecified atom stereocenters. The van der Waals surface area contributed by atoms with Gasteiger partial charge in [-0.15, -0.1) is 11.3 Å². The Morgan fingerprint density at radius 3 is 2.80 bits per heavy atom. The van der Waals surface area contributed by atoms with Gasteiger partial charge in [-0.05, 0) is 38.4 Å². The number of nitrogens with two attached hydrogens (primary N) is 1. The van der Waals surface area contributed by atoms with Crippen molar-refractivity contribution in [2.75, 3.05) is 19.6 Å². The summed E-state index contributed by atoms with van der Waals surface area (Å²) in [4.78, 5) is 6.70. The van der Waals surface area contributed by atoms with Crippen molar-refractivity contribution in [2.24, 2.45) is 11.7 Å². The second kappa shape index (κ2) is 5.25. The molecule has 0 spiro atoms. The molecule has 84 valence electrons. The van der Waals surface area contributed by atoms with Gasteiger partial charge in [0.05, 0.1) is 12.7 Å². The maximum atomic E-state index is 5.84. The van der Waals surface area contributed by atoms with Gasteiger partial charge in [-0.25, -0.2) is 4.98 Å². The minimum atomic E-state index is 0.723. The van der Waals surface area contributed by atoms with Crippen molar-refractivity contribution in [3.05, 3.63) is 15.5 Å². The highest BCUT2D eigenvalue weighted by molar-refractivity contribution is 7.15. The molecule has 1 aromatic heterocycles. The van der Waals surface area contributed by atoms with E-state index in [1.807, 2.05) is 0 Å². The molecule has 1 fully saturated rings. The first-order chi connectivity index (χ1) is 7.28. The van der Waals surface area contributed by atoms with E-state index >= 15 is 0 Å². The molecule has 0 radical (unpaired) electrons. The molecule has 2 N–H and O–H groups in total. The van der Waals surface area contributed by atoms with Crippen LogP contribution in [-0.4, -0.2) is 29.5 Å². The van der Waals surface area contributed by atoms with E-state index in [2.05, 4.69) is 9.88 Å². The van der Waals surface area contributed by atoms with Crippen LogP contribution in [0.1, 0.15) is 17.8 Å². The fourth-order valence-corrected chi connectivity index (χ4v) is 2.93. The Morgan fingerprint density at radius 1 is 1.53 bits per heavy atom. The molecule has 1 aromatic rings. The Kier molecular flexibility index (Phi) is 3.97. The predicted molar refractivity (Wildman–Crippen MR) is 64.2 cm³/mol. The molecule has 15 heavy (non-hydrogen) atoms. The molecule has 1 saturated heterocycles. The number of nitrogens with zero attached hydrogens (tertiary/aromatic N) is 2. The molecule has 0 aliphatic carbocycles. The Morgan fingerprint density at radius 2 is 2.27 bits per heavy atom. The third-order valence-corrected chi connectivity index (χ3v) is 4.02. The highest BCUT2D eigenvalue weighted by Gasteiger charge is 2.18. The molecule has 2 heterocycles. The van der Waals surface area contributed by atoms with E-state index in [0.29, 0.717) is 0 Å². The Labute approximate surface area is 99.2 Å². The fraction of sp³-hybridized carbons (Fsp3) is 0.700. The zero-order valence-corrected chi connectivity index (χ0v) is 10.2. The number of rotatable bonds is 3. The van der Waals surface area contributed by atoms with E-state index in [1.165, 1.54) is 12.8 Å². The third-order valence-electron chi connectivity index (χ3n) is 2.92. The van der Waals surface area contributed by atoms with Crippen molar-refractivity contribution in [3.63, 3.8) is 0 Å². The van der Waals surface area contributed by atoms with Gasteiger partial charge in [0, 0.05) is 0 Å². The molecule has 0 aromatic carbocycles. The molecule has 0 saturated carbocycles. The molecule has 0 atom stereocenters. The lowest BCUT2D eigenvalue weighted by Crippen LogP contribution is -2.35. The van der Waals surface area contributed by atoms with Crippen molar-refractivity contribution in [3.8, 4) is 0 Å². The van der Waals surface area contributed by atoms with Gasteiger partial charge in [0.2, 0.25) is 0 Å². The highest BCUT2D eigenvalue weighted by Crippen LogP contribution is 2.22. The summed E-state index contributed by atoms with van der Waals surface area (Å²) >= 11 is 7.42. The number of aromatic nitrogens is 1. The molecule has 3 nitrogen and oxygen atoms in total. The van der Waals surface area contributed by atoms with Gasteiger partial charge in [0.1, 0.15) is 9.34 Å². The van der Waals surface area contributed by atoms with Crippen molar-refractivity contribution in [2.45, 2.75) is 19.4 Å². The minimum absolute atomic E-state index is 0.723. The second-order valence-electron chi connectivity index (χ2n) is 4.01. The summed E-state index contributed by atoms with van der Waals surface area (Å²) in [5, 5.41) is 1.12. The van der Waals surface area contributed by atoms with Crippen molar-refractivity contribution < 1.29 is 0 Å². The van der Waals surface area contributed by atoms with E-state index in [-0.39, 0.29) is 0 Å². The van der Waals surface area contributed by atoms with E-state index < -0.39 is 0 Å². The summed E-state index contributed by atoms with van der Waals surface area (Å²) in [6, 6.07) is 0. The van der Waals surface area contributed by atoms with Crippen LogP contribution in [0.25, 0.3) is 0 Å². The van der Waals surface area contributed by atoms with Gasteiger partial charge in [-0.3, -0.25) is 4.90 Å². The number of halogens is 1. The normalized spacial score (nSPS) is 19.6. The van der Waals surface area contributed by atoms with Crippen molar-refractivity contribution >= 4 is 22.9 Å². The van der Waals surface area contributed by atoms with Crippen molar-refractivity contribution in [1.29, 1.82) is 0 Å². The predicted octanol–water partition coefficient (Wildman–Crippen LogP) is 1.97. The van der Waals surface area contributed by atoms with Gasteiger partial charge in [0.15, 0.2) is 0 Å². The number of piperidine rings is 1. The zero-order valence-electron chi connectivity index (χ0n) is 8.66. The summed E-state index contributed by atoms with van der Waals surface area (Å²) in [6.45, 7) is 4.05. The largest absolute Gasteiger partial charge is 0.330 e. The fourth-order valence-electron chi connectivity index (χ4n) is 1.93. The number of thiazole rings is 1. The van der Waals surface area contributed by atoms with Crippen LogP contribution in [0.5, 0.6) is 0 Å². The standard InChI is InChI=1S/C10H16ClN3S/c11-9-6-13-10(15-9)7-14-3-1-8(5-12)2-4-14/h6,8H,1-5,7,12H2. The van der Waals surface area contributed by atoms with E-state index in [1.54, 1.807) is 17.5 Å². The maximum Gasteiger partial charge on any atom is 0.113 e. The average molecular weight is 246 g/mol. The summed E-state index contributed by atoms with van der Waals surface area (Å²) in [7, 11) is 0. The summed E-state index contributed by atoms with van der Waals surface area (Å²) < 4.78 is 0.779. The Bertz CT molecular complexity index is 307. The topological polar surface area (TPSA) is 42.1 Å². The lowest BCUT2D eigenvalue weighted by molar-refractivity contribution is 0.180. The minimum Gasteiger partial charge on any atom is -0.330 e. The Balaban J connectivity index is 1.82. The van der Waals surface area contributed by atoms with Gasteiger partial charge in [0.25, 0.3) is 0 Å². The van der Waals surface area contributed by atoms with E-state index in [0.717, 1.165) is 41.4 Å². The van der Waals surface area contributed by atoms with Gasteiger partial charge >= 0.3 is 0 Å². The van der Waals surface area contributed by atoms with E-state index in [9.17, 15) is 0 Å². The van der Waals surface area contributed by atoms with Crippen LogP contribution >= 0.6 is 22.9 Å². The number of hydrogen-bond donors (Lipinski definition) is 1. The van der Waals surface area contributed by atoms with Crippen LogP contribution in [-0.2, 0) is 6.54 Å². The first kappa shape index (κ1) is 11.3. The summed E-state index contributed by atoms with van der Waals surface area (Å²) in [5.41, 5.74) is 5.66. The summed E-state index contributed by atoms with van der Waals surface area (Å²) in [5.74, 6) is 0.723. The molecule has 1 aliphatic rings. The van der Waals surface area contributed by atoms with Crippen LogP contribution < -0.4 is 5.73 Å². The lowest BCUT2D eigenvalue weighted by atomic mass is 9.97. The Hall–Kier alpha value is -0.160. The van der Waals surface area contributed by atoms with Gasteiger partial charge in [-0.1, -0.05) is 11.6 Å². The monoisotopic (exact) mass is 245 g/mol. The molecule has 5 heteroatoms. The van der Waals surface area contributed by atoms with Crippen LogP contribution in [0, 0.1) is 5.92 Å². The quantitative estimate of drug-likeness (QED) is 0.886. The molecule has 0 amide bonds. The first-order valence-corrected chi connectivity index (χ1v) is 6.50. The lowest BCUT2D eigenvalue weighted by Gasteiger charge is -2.30. The van der Waals surface area contributed by atoms with Crippen LogP contribution in [0.4, 0.5) is 0 Å². The molecular formula is C10H16ClN3S. The summed E-state index contributed by atoms with van der Waals surface area (Å²) in [6.07, 6.45) is 4.17. The highest BCUT2D eigenvalue weighted by atomic mass is 35.5. The first-order valence-electron chi connectivity index (χ1n) is 5.30. The number of hydrogen-bond acceptors (Lipinski definition) is 4. The zero-order chi connectivity index (χ0) is 10.7. The second-order valence-corrected chi connectivity index (χ2v) is 5.76. The van der Waals surface area contributed by atoms with Gasteiger partial charge < -0.3 is 5.73 Å². The van der Waals surface area contributed by atoms with Crippen LogP contribution in [0.3, 0.4) is 0 Å². The van der Waals surface area contributed by atoms with Crippen LogP contribution in [0.2, 0.25) is 4.34 Å². The third kappa shape index (κ3) is 3.14. The molecular weight excluding hydrogens is 230 g/mol. The molecule has 0 bridgehead atoms. The smallest absolute Gasteiger partial charge is 0.113 e. The molecule has 2 rings (SSSR count). The van der Waals surface area contributed by atoms with Crippen molar-refractivity contribution in [1.82, 2.24) is 9.88 Å². The maximum absolute atomic E-state index is 5.84. The van der Waals surface area contributed by atoms with Gasteiger partial charge in [-0.2, -0.15) is 0 Å². The molecule has 1 aliphatic heterocycles. The SMILES string of the molecule is NCC1CCN(Cc2ncc(Cl)s2)CC1. The van der Waals surface area contributed by atoms with E-state index in [4.69, 9.17) is 17.3 Å².